The lowest BCUT2D eigenvalue weighted by atomic mass is 9.99. The normalized spacial score (nSPS) is 11.3. The lowest BCUT2D eigenvalue weighted by molar-refractivity contribution is 0.414. The number of fused-ring (bicyclic) bond motifs is 5. The van der Waals surface area contributed by atoms with Crippen LogP contribution in [0.3, 0.4) is 0 Å². The van der Waals surface area contributed by atoms with Gasteiger partial charge >= 0.3 is 5.63 Å². The molecule has 4 aromatic rings. The lowest BCUT2D eigenvalue weighted by Crippen LogP contribution is -2.03. The van der Waals surface area contributed by atoms with E-state index in [1.54, 1.807) is 21.3 Å². The molecule has 0 amide bonds. The number of ether oxygens (including phenoxy) is 3. The van der Waals surface area contributed by atoms with E-state index < -0.39 is 5.63 Å². The highest BCUT2D eigenvalue weighted by Gasteiger charge is 2.19. The maximum absolute atomic E-state index is 12.8. The maximum Gasteiger partial charge on any atom is 0.344 e. The molecule has 0 atom stereocenters. The van der Waals surface area contributed by atoms with Crippen LogP contribution in [0.25, 0.3) is 32.5 Å². The summed E-state index contributed by atoms with van der Waals surface area (Å²) in [6, 6.07) is 11.3. The van der Waals surface area contributed by atoms with Gasteiger partial charge < -0.3 is 18.6 Å². The number of aryl methyl sites for hydroxylation is 1. The van der Waals surface area contributed by atoms with Crippen molar-refractivity contribution in [3.05, 3.63) is 52.4 Å². The van der Waals surface area contributed by atoms with Crippen molar-refractivity contribution >= 4 is 32.5 Å². The molecule has 0 saturated carbocycles. The van der Waals surface area contributed by atoms with E-state index >= 15 is 0 Å². The van der Waals surface area contributed by atoms with Crippen LogP contribution in [0.2, 0.25) is 0 Å². The Morgan fingerprint density at radius 1 is 0.815 bits per heavy atom. The molecule has 0 aliphatic heterocycles. The highest BCUT2D eigenvalue weighted by atomic mass is 16.5. The molecule has 0 N–H and O–H groups in total. The van der Waals surface area contributed by atoms with Gasteiger partial charge in [-0.3, -0.25) is 0 Å². The second kappa shape index (κ2) is 6.50. The number of hydrogen-bond acceptors (Lipinski definition) is 5. The summed E-state index contributed by atoms with van der Waals surface area (Å²) in [5.74, 6) is 1.93. The van der Waals surface area contributed by atoms with Gasteiger partial charge in [0, 0.05) is 16.2 Å². The van der Waals surface area contributed by atoms with Gasteiger partial charge in [-0.2, -0.15) is 0 Å². The van der Waals surface area contributed by atoms with Crippen molar-refractivity contribution in [1.29, 1.82) is 0 Å². The minimum Gasteiger partial charge on any atom is -0.496 e. The molecule has 5 heteroatoms. The molecule has 0 unspecified atom stereocenters. The summed E-state index contributed by atoms with van der Waals surface area (Å²) in [6.45, 7) is 2.03. The Labute approximate surface area is 156 Å². The quantitative estimate of drug-likeness (QED) is 0.388. The molecule has 138 valence electrons. The summed E-state index contributed by atoms with van der Waals surface area (Å²) in [5, 5.41) is 3.48. The predicted octanol–water partition coefficient (Wildman–Crippen LogP) is 4.69. The molecule has 0 spiro atoms. The van der Waals surface area contributed by atoms with Crippen molar-refractivity contribution in [1.82, 2.24) is 0 Å². The van der Waals surface area contributed by atoms with Gasteiger partial charge in [0.05, 0.1) is 32.1 Å². The van der Waals surface area contributed by atoms with Crippen LogP contribution in [0.5, 0.6) is 17.2 Å². The maximum atomic E-state index is 12.8. The Morgan fingerprint density at radius 3 is 2.22 bits per heavy atom. The minimum atomic E-state index is -0.400. The summed E-state index contributed by atoms with van der Waals surface area (Å²) in [4.78, 5) is 12.8. The van der Waals surface area contributed by atoms with E-state index in [0.29, 0.717) is 39.0 Å². The van der Waals surface area contributed by atoms with Crippen molar-refractivity contribution in [3.8, 4) is 17.2 Å². The third kappa shape index (κ3) is 2.50. The first-order chi connectivity index (χ1) is 13.1. The van der Waals surface area contributed by atoms with Gasteiger partial charge in [0.15, 0.2) is 5.58 Å². The Morgan fingerprint density at radius 2 is 1.56 bits per heavy atom. The molecule has 0 radical (unpaired) electrons. The van der Waals surface area contributed by atoms with E-state index in [4.69, 9.17) is 18.6 Å². The zero-order chi connectivity index (χ0) is 19.1. The predicted molar refractivity (Wildman–Crippen MR) is 107 cm³/mol. The third-order valence-electron chi connectivity index (χ3n) is 4.95. The average Bonchev–Trinajstić information content (AvgIpc) is 2.72. The van der Waals surface area contributed by atoms with Crippen molar-refractivity contribution in [3.63, 3.8) is 0 Å². The molecule has 4 rings (SSSR count). The number of hydrogen-bond donors (Lipinski definition) is 0. The molecule has 27 heavy (non-hydrogen) atoms. The number of benzene rings is 3. The van der Waals surface area contributed by atoms with Crippen LogP contribution in [0.4, 0.5) is 0 Å². The van der Waals surface area contributed by atoms with Crippen LogP contribution < -0.4 is 19.8 Å². The molecule has 1 aromatic heterocycles. The van der Waals surface area contributed by atoms with Crippen LogP contribution in [-0.2, 0) is 6.42 Å². The molecule has 0 aliphatic rings. The Bertz CT molecular complexity index is 1240. The van der Waals surface area contributed by atoms with Crippen LogP contribution in [0.1, 0.15) is 12.5 Å². The number of rotatable bonds is 4. The topological polar surface area (TPSA) is 57.9 Å². The summed E-state index contributed by atoms with van der Waals surface area (Å²) >= 11 is 0. The summed E-state index contributed by atoms with van der Waals surface area (Å²) < 4.78 is 22.6. The molecule has 0 saturated heterocycles. The fourth-order valence-electron chi connectivity index (χ4n) is 3.63. The minimum absolute atomic E-state index is 0.400. The van der Waals surface area contributed by atoms with E-state index in [9.17, 15) is 4.79 Å². The van der Waals surface area contributed by atoms with Crippen LogP contribution >= 0.6 is 0 Å². The van der Waals surface area contributed by atoms with E-state index in [0.717, 1.165) is 22.8 Å². The van der Waals surface area contributed by atoms with Crippen LogP contribution in [0.15, 0.2) is 45.6 Å². The largest absolute Gasteiger partial charge is 0.496 e. The second-order valence-electron chi connectivity index (χ2n) is 6.30. The van der Waals surface area contributed by atoms with E-state index in [1.807, 2.05) is 43.3 Å². The Hall–Kier alpha value is -3.21. The van der Waals surface area contributed by atoms with E-state index in [2.05, 4.69) is 0 Å². The molecule has 0 fully saturated rings. The van der Waals surface area contributed by atoms with Crippen molar-refractivity contribution in [2.24, 2.45) is 0 Å². The zero-order valence-corrected chi connectivity index (χ0v) is 15.7. The monoisotopic (exact) mass is 364 g/mol. The average molecular weight is 364 g/mol. The van der Waals surface area contributed by atoms with Crippen molar-refractivity contribution in [2.45, 2.75) is 13.3 Å². The SMILES string of the molecule is CCc1cc(OC)c2c(c1)c(=O)oc1c2cc(OC)c2cccc(OC)c21. The van der Waals surface area contributed by atoms with Crippen LogP contribution in [0, 0.1) is 0 Å². The number of methoxy groups -OCH3 is 3. The first-order valence-corrected chi connectivity index (χ1v) is 8.74. The zero-order valence-electron chi connectivity index (χ0n) is 15.7. The van der Waals surface area contributed by atoms with Crippen molar-refractivity contribution in [2.75, 3.05) is 21.3 Å². The van der Waals surface area contributed by atoms with Crippen molar-refractivity contribution < 1.29 is 18.6 Å². The highest BCUT2D eigenvalue weighted by molar-refractivity contribution is 6.19. The Kier molecular flexibility index (Phi) is 4.15. The fraction of sp³-hybridized carbons (Fsp3) is 0.227. The van der Waals surface area contributed by atoms with Crippen LogP contribution in [-0.4, -0.2) is 21.3 Å². The third-order valence-corrected chi connectivity index (χ3v) is 4.95. The van der Waals surface area contributed by atoms with Gasteiger partial charge in [-0.25, -0.2) is 4.79 Å². The fourth-order valence-corrected chi connectivity index (χ4v) is 3.63. The summed E-state index contributed by atoms with van der Waals surface area (Å²) in [5.41, 5.74) is 1.07. The standard InChI is InChI=1S/C22H20O5/c1-5-12-9-15-19(18(10-12)26-4)14-11-17(25-3)13-7-6-8-16(24-2)20(13)21(14)27-22(15)23/h6-11H,5H2,1-4H3. The van der Waals surface area contributed by atoms with Gasteiger partial charge in [-0.05, 0) is 36.2 Å². The first kappa shape index (κ1) is 17.2. The molecular weight excluding hydrogens is 344 g/mol. The molecular formula is C22H20O5. The molecule has 1 heterocycles. The molecule has 3 aromatic carbocycles. The molecule has 0 aliphatic carbocycles. The first-order valence-electron chi connectivity index (χ1n) is 8.74. The second-order valence-corrected chi connectivity index (χ2v) is 6.30. The Balaban J connectivity index is 2.33. The van der Waals surface area contributed by atoms with Gasteiger partial charge in [0.2, 0.25) is 0 Å². The molecule has 5 nitrogen and oxygen atoms in total. The summed E-state index contributed by atoms with van der Waals surface area (Å²) in [7, 11) is 4.81. The van der Waals surface area contributed by atoms with E-state index in [-0.39, 0.29) is 0 Å². The highest BCUT2D eigenvalue weighted by Crippen LogP contribution is 2.42. The summed E-state index contributed by atoms with van der Waals surface area (Å²) in [6.07, 6.45) is 0.790. The van der Waals surface area contributed by atoms with Gasteiger partial charge in [-0.15, -0.1) is 0 Å². The van der Waals surface area contributed by atoms with Gasteiger partial charge in [0.25, 0.3) is 0 Å². The molecule has 0 bridgehead atoms. The smallest absolute Gasteiger partial charge is 0.344 e. The van der Waals surface area contributed by atoms with Gasteiger partial charge in [0.1, 0.15) is 17.2 Å². The lowest BCUT2D eigenvalue weighted by Gasteiger charge is -2.14. The van der Waals surface area contributed by atoms with Gasteiger partial charge in [-0.1, -0.05) is 19.1 Å². The van der Waals surface area contributed by atoms with E-state index in [1.165, 1.54) is 0 Å².